The van der Waals surface area contributed by atoms with Gasteiger partial charge in [-0.3, -0.25) is 4.79 Å². The molecule has 0 aliphatic heterocycles. The molecule has 0 bridgehead atoms. The molecule has 1 unspecified atom stereocenters. The summed E-state index contributed by atoms with van der Waals surface area (Å²) in [7, 11) is 0. The van der Waals surface area contributed by atoms with Crippen molar-refractivity contribution in [2.75, 3.05) is 6.61 Å². The molecule has 1 aromatic heterocycles. The molecule has 1 atom stereocenters. The van der Waals surface area contributed by atoms with Crippen LogP contribution in [0.1, 0.15) is 84.1 Å². The lowest BCUT2D eigenvalue weighted by molar-refractivity contribution is -0.149. The highest BCUT2D eigenvalue weighted by Crippen LogP contribution is 2.24. The van der Waals surface area contributed by atoms with Crippen LogP contribution in [0.25, 0.3) is 11.4 Å². The van der Waals surface area contributed by atoms with Crippen LogP contribution in [-0.2, 0) is 16.0 Å². The van der Waals surface area contributed by atoms with Gasteiger partial charge in [0, 0.05) is 24.4 Å². The maximum atomic E-state index is 14.5. The Morgan fingerprint density at radius 2 is 1.69 bits per heavy atom. The molecule has 0 N–H and O–H groups in total. The van der Waals surface area contributed by atoms with E-state index in [-0.39, 0.29) is 18.3 Å². The smallest absolute Gasteiger partial charge is 0.306 e. The van der Waals surface area contributed by atoms with E-state index >= 15 is 0 Å². The van der Waals surface area contributed by atoms with E-state index in [0.29, 0.717) is 17.8 Å². The van der Waals surface area contributed by atoms with Crippen LogP contribution < -0.4 is 4.74 Å². The van der Waals surface area contributed by atoms with Crippen molar-refractivity contribution >= 4 is 5.97 Å². The maximum Gasteiger partial charge on any atom is 0.306 e. The number of esters is 1. The Labute approximate surface area is 191 Å². The lowest BCUT2D eigenvalue weighted by Crippen LogP contribution is -2.22. The lowest BCUT2D eigenvalue weighted by atomic mass is 10.1. The summed E-state index contributed by atoms with van der Waals surface area (Å²) in [6.45, 7) is 6.07. The highest BCUT2D eigenvalue weighted by Gasteiger charge is 2.13. The zero-order valence-electron chi connectivity index (χ0n) is 19.7. The number of carbonyl (C=O) groups excluding carboxylic acids is 1. The molecule has 0 aliphatic rings. The van der Waals surface area contributed by atoms with Crippen LogP contribution in [-0.4, -0.2) is 28.6 Å². The number of rotatable bonds is 15. The molecule has 1 aromatic carbocycles. The predicted octanol–water partition coefficient (Wildman–Crippen LogP) is 6.69. The molecule has 32 heavy (non-hydrogen) atoms. The van der Waals surface area contributed by atoms with Gasteiger partial charge in [0.1, 0.15) is 12.7 Å². The van der Waals surface area contributed by atoms with E-state index in [9.17, 15) is 9.18 Å². The molecule has 2 aromatic rings. The van der Waals surface area contributed by atoms with Gasteiger partial charge in [-0.15, -0.1) is 0 Å². The first-order chi connectivity index (χ1) is 15.5. The molecule has 1 heterocycles. The van der Waals surface area contributed by atoms with Crippen LogP contribution >= 0.6 is 0 Å². The normalized spacial score (nSPS) is 11.9. The van der Waals surface area contributed by atoms with E-state index in [4.69, 9.17) is 9.47 Å². The number of ether oxygens (including phenoxy) is 2. The highest BCUT2D eigenvalue weighted by molar-refractivity contribution is 5.69. The average Bonchev–Trinajstić information content (AvgIpc) is 2.79. The number of benzene rings is 1. The van der Waals surface area contributed by atoms with Crippen LogP contribution in [0.5, 0.6) is 5.75 Å². The Morgan fingerprint density at radius 3 is 2.38 bits per heavy atom. The monoisotopic (exact) mass is 444 g/mol. The van der Waals surface area contributed by atoms with Gasteiger partial charge in [0.15, 0.2) is 17.4 Å². The van der Waals surface area contributed by atoms with Crippen molar-refractivity contribution in [3.05, 3.63) is 42.0 Å². The Morgan fingerprint density at radius 1 is 1.00 bits per heavy atom. The van der Waals surface area contributed by atoms with Gasteiger partial charge in [-0.05, 0) is 49.9 Å². The van der Waals surface area contributed by atoms with Crippen molar-refractivity contribution in [1.29, 1.82) is 0 Å². The molecule has 0 aliphatic carbocycles. The second kappa shape index (κ2) is 14.5. The number of hydrogen-bond donors (Lipinski definition) is 0. The third-order valence-electron chi connectivity index (χ3n) is 5.26. The molecule has 5 nitrogen and oxygen atoms in total. The second-order valence-electron chi connectivity index (χ2n) is 8.29. The van der Waals surface area contributed by atoms with Crippen molar-refractivity contribution in [1.82, 2.24) is 9.97 Å². The fraction of sp³-hybridized carbons (Fsp3) is 0.577. The maximum absolute atomic E-state index is 14.5. The summed E-state index contributed by atoms with van der Waals surface area (Å²) >= 11 is 0. The van der Waals surface area contributed by atoms with Gasteiger partial charge in [-0.2, -0.15) is 0 Å². The number of aromatic nitrogens is 2. The Bertz CT molecular complexity index is 811. The quantitative estimate of drug-likeness (QED) is 0.226. The van der Waals surface area contributed by atoms with Gasteiger partial charge in [0.05, 0.1) is 0 Å². The summed E-state index contributed by atoms with van der Waals surface area (Å²) in [6.07, 6.45) is 13.8. The van der Waals surface area contributed by atoms with Crippen LogP contribution in [0.4, 0.5) is 4.39 Å². The summed E-state index contributed by atoms with van der Waals surface area (Å²) in [5.41, 5.74) is 1.70. The van der Waals surface area contributed by atoms with Gasteiger partial charge in [0.2, 0.25) is 0 Å². The minimum atomic E-state index is -0.494. The van der Waals surface area contributed by atoms with E-state index in [2.05, 4.69) is 16.9 Å². The number of nitrogens with zero attached hydrogens (tertiary/aromatic N) is 2. The number of hydrogen-bond acceptors (Lipinski definition) is 5. The van der Waals surface area contributed by atoms with Gasteiger partial charge < -0.3 is 9.47 Å². The third kappa shape index (κ3) is 9.33. The molecule has 2 rings (SSSR count). The second-order valence-corrected chi connectivity index (χ2v) is 8.29. The first-order valence-corrected chi connectivity index (χ1v) is 12.0. The van der Waals surface area contributed by atoms with Crippen LogP contribution in [0.2, 0.25) is 0 Å². The molecule has 0 saturated heterocycles. The first-order valence-electron chi connectivity index (χ1n) is 12.0. The number of carbonyl (C=O) groups is 1. The lowest BCUT2D eigenvalue weighted by Gasteiger charge is -2.15. The molecule has 176 valence electrons. The molecular weight excluding hydrogens is 407 g/mol. The van der Waals surface area contributed by atoms with Crippen molar-refractivity contribution < 1.29 is 18.7 Å². The summed E-state index contributed by atoms with van der Waals surface area (Å²) in [4.78, 5) is 20.5. The molecule has 0 amide bonds. The highest BCUT2D eigenvalue weighted by atomic mass is 19.1. The van der Waals surface area contributed by atoms with Crippen molar-refractivity contribution in [3.8, 4) is 17.1 Å². The van der Waals surface area contributed by atoms with E-state index in [1.807, 2.05) is 19.3 Å². The zero-order chi connectivity index (χ0) is 23.2. The van der Waals surface area contributed by atoms with Gasteiger partial charge in [-0.25, -0.2) is 14.4 Å². The van der Waals surface area contributed by atoms with E-state index in [1.165, 1.54) is 38.2 Å². The topological polar surface area (TPSA) is 61.3 Å². The van der Waals surface area contributed by atoms with Crippen LogP contribution in [0.15, 0.2) is 30.6 Å². The average molecular weight is 445 g/mol. The van der Waals surface area contributed by atoms with Crippen molar-refractivity contribution in [3.63, 3.8) is 0 Å². The third-order valence-corrected chi connectivity index (χ3v) is 5.26. The Balaban J connectivity index is 1.82. The zero-order valence-corrected chi connectivity index (χ0v) is 19.7. The Hall–Kier alpha value is -2.50. The molecule has 0 radical (unpaired) electrons. The van der Waals surface area contributed by atoms with E-state index < -0.39 is 11.9 Å². The molecule has 0 saturated carbocycles. The van der Waals surface area contributed by atoms with Crippen LogP contribution in [0.3, 0.4) is 0 Å². The standard InChI is InChI=1S/C26H37FN2O3/c1-4-6-8-9-10-11-12-21-17-28-26(29-18-21)22-14-15-24(23(27)16-22)31-19-20(3)32-25(30)13-7-5-2/h14-18,20H,4-13,19H2,1-3H3. The number of unbranched alkanes of at least 4 members (excludes halogenated alkanes) is 6. The van der Waals surface area contributed by atoms with Crippen molar-refractivity contribution in [2.24, 2.45) is 0 Å². The summed E-state index contributed by atoms with van der Waals surface area (Å²) in [5, 5.41) is 0. The van der Waals surface area contributed by atoms with E-state index in [0.717, 1.165) is 31.2 Å². The predicted molar refractivity (Wildman–Crippen MR) is 125 cm³/mol. The SMILES string of the molecule is CCCCCCCCc1cnc(-c2ccc(OCC(C)OC(=O)CCCC)c(F)c2)nc1. The van der Waals surface area contributed by atoms with Gasteiger partial charge >= 0.3 is 5.97 Å². The van der Waals surface area contributed by atoms with Crippen molar-refractivity contribution in [2.45, 2.75) is 91.1 Å². The number of halogens is 1. The molecule has 6 heteroatoms. The molecule has 0 fully saturated rings. The summed E-state index contributed by atoms with van der Waals surface area (Å²) in [6, 6.07) is 4.67. The molecular formula is C26H37FN2O3. The minimum absolute atomic E-state index is 0.0950. The molecule has 0 spiro atoms. The largest absolute Gasteiger partial charge is 0.487 e. The van der Waals surface area contributed by atoms with Gasteiger partial charge in [-0.1, -0.05) is 52.4 Å². The summed E-state index contributed by atoms with van der Waals surface area (Å²) in [5.74, 6) is -0.145. The van der Waals surface area contributed by atoms with Crippen LogP contribution in [0, 0.1) is 5.82 Å². The Kier molecular flexibility index (Phi) is 11.7. The van der Waals surface area contributed by atoms with E-state index in [1.54, 1.807) is 19.1 Å². The first kappa shape index (κ1) is 25.8. The fourth-order valence-electron chi connectivity index (χ4n) is 3.34. The minimum Gasteiger partial charge on any atom is -0.487 e. The number of aryl methyl sites for hydroxylation is 1. The summed E-state index contributed by atoms with van der Waals surface area (Å²) < 4.78 is 25.3. The fourth-order valence-corrected chi connectivity index (χ4v) is 3.34. The van der Waals surface area contributed by atoms with Gasteiger partial charge in [0.25, 0.3) is 0 Å².